The largest absolute Gasteiger partial charge is 0.395 e. The third-order valence-electron chi connectivity index (χ3n) is 3.55. The van der Waals surface area contributed by atoms with Crippen molar-refractivity contribution in [2.24, 2.45) is 5.92 Å². The Hall–Kier alpha value is -0.970. The Labute approximate surface area is 109 Å². The minimum atomic E-state index is 0.224. The molecule has 1 N–H and O–H groups in total. The van der Waals surface area contributed by atoms with Gasteiger partial charge in [0.15, 0.2) is 0 Å². The number of aromatic nitrogens is 1. The Morgan fingerprint density at radius 2 is 2.00 bits per heavy atom. The Kier molecular flexibility index (Phi) is 4.69. The number of hydrogen-bond acceptors (Lipinski definition) is 4. The molecule has 0 amide bonds. The fourth-order valence-corrected chi connectivity index (χ4v) is 2.78. The Morgan fingerprint density at radius 1 is 1.28 bits per heavy atom. The van der Waals surface area contributed by atoms with Gasteiger partial charge in [0.1, 0.15) is 0 Å². The molecule has 0 radical (unpaired) electrons. The third-order valence-corrected chi connectivity index (χ3v) is 3.55. The van der Waals surface area contributed by atoms with E-state index in [4.69, 9.17) is 0 Å². The highest BCUT2D eigenvalue weighted by atomic mass is 16.3. The summed E-state index contributed by atoms with van der Waals surface area (Å²) < 4.78 is 0. The zero-order valence-electron chi connectivity index (χ0n) is 11.3. The fraction of sp³-hybridized carbons (Fsp3) is 0.643. The summed E-state index contributed by atoms with van der Waals surface area (Å²) in [6, 6.07) is 4.33. The predicted molar refractivity (Wildman–Crippen MR) is 72.2 cm³/mol. The van der Waals surface area contributed by atoms with Crippen LogP contribution in [0.3, 0.4) is 0 Å². The van der Waals surface area contributed by atoms with E-state index in [-0.39, 0.29) is 12.6 Å². The maximum atomic E-state index is 9.59. The summed E-state index contributed by atoms with van der Waals surface area (Å²) in [5, 5.41) is 9.59. The average Bonchev–Trinajstić information content (AvgIpc) is 2.48. The number of pyridine rings is 1. The topological polar surface area (TPSA) is 39.6 Å². The van der Waals surface area contributed by atoms with E-state index in [1.165, 1.54) is 5.56 Å². The smallest absolute Gasteiger partial charge is 0.0599 e. The second kappa shape index (κ2) is 6.27. The van der Waals surface area contributed by atoms with Gasteiger partial charge in [0, 0.05) is 44.6 Å². The normalized spacial score (nSPS) is 27.1. The van der Waals surface area contributed by atoms with E-state index in [9.17, 15) is 5.11 Å². The van der Waals surface area contributed by atoms with Crippen molar-refractivity contribution in [1.29, 1.82) is 0 Å². The van der Waals surface area contributed by atoms with E-state index >= 15 is 0 Å². The van der Waals surface area contributed by atoms with Crippen LogP contribution >= 0.6 is 0 Å². The summed E-state index contributed by atoms with van der Waals surface area (Å²) in [4.78, 5) is 8.76. The molecule has 0 aromatic carbocycles. The summed E-state index contributed by atoms with van der Waals surface area (Å²) in [6.07, 6.45) is 3.66. The van der Waals surface area contributed by atoms with E-state index in [2.05, 4.69) is 28.8 Å². The van der Waals surface area contributed by atoms with Crippen molar-refractivity contribution in [3.63, 3.8) is 0 Å². The average molecular weight is 249 g/mol. The zero-order chi connectivity index (χ0) is 13.0. The second-order valence-electron chi connectivity index (χ2n) is 5.45. The molecular formula is C14H23N3O. The van der Waals surface area contributed by atoms with Gasteiger partial charge in [-0.2, -0.15) is 0 Å². The predicted octanol–water partition coefficient (Wildman–Crippen LogP) is 0.826. The molecule has 4 heteroatoms. The van der Waals surface area contributed by atoms with Gasteiger partial charge in [-0.1, -0.05) is 6.92 Å². The molecule has 2 heterocycles. The molecule has 2 rings (SSSR count). The molecule has 1 aliphatic rings. The number of rotatable bonds is 3. The molecule has 4 nitrogen and oxygen atoms in total. The molecule has 18 heavy (non-hydrogen) atoms. The fourth-order valence-electron chi connectivity index (χ4n) is 2.78. The molecule has 2 atom stereocenters. The van der Waals surface area contributed by atoms with E-state index in [0.29, 0.717) is 5.92 Å². The van der Waals surface area contributed by atoms with Gasteiger partial charge < -0.3 is 10.0 Å². The van der Waals surface area contributed by atoms with Crippen molar-refractivity contribution in [2.45, 2.75) is 19.5 Å². The summed E-state index contributed by atoms with van der Waals surface area (Å²) >= 11 is 0. The maximum absolute atomic E-state index is 9.59. The van der Waals surface area contributed by atoms with Gasteiger partial charge in [-0.15, -0.1) is 0 Å². The lowest BCUT2D eigenvalue weighted by atomic mass is 10.1. The van der Waals surface area contributed by atoms with Crippen LogP contribution in [0, 0.1) is 5.92 Å². The molecule has 1 fully saturated rings. The van der Waals surface area contributed by atoms with E-state index in [1.54, 1.807) is 0 Å². The highest BCUT2D eigenvalue weighted by Gasteiger charge is 2.25. The van der Waals surface area contributed by atoms with Crippen LogP contribution in [0.25, 0.3) is 0 Å². The summed E-state index contributed by atoms with van der Waals surface area (Å²) in [7, 11) is 2.13. The molecule has 1 aliphatic heterocycles. The zero-order valence-corrected chi connectivity index (χ0v) is 11.3. The minimum Gasteiger partial charge on any atom is -0.395 e. The molecule has 1 aromatic rings. The standard InChI is InChI=1S/C14H23N3O/c1-12-7-16(2)10-14(11-18)17(8-12)9-13-3-5-15-6-4-13/h3-6,12,14,18H,7-11H2,1-2H3. The molecule has 0 aliphatic carbocycles. The van der Waals surface area contributed by atoms with E-state index in [1.807, 2.05) is 24.5 Å². The van der Waals surface area contributed by atoms with Gasteiger partial charge in [0.05, 0.1) is 6.61 Å². The van der Waals surface area contributed by atoms with Crippen molar-refractivity contribution >= 4 is 0 Å². The molecular weight excluding hydrogens is 226 g/mol. The Bertz CT molecular complexity index is 357. The van der Waals surface area contributed by atoms with Crippen LogP contribution in [0.4, 0.5) is 0 Å². The number of likely N-dealkylation sites (N-methyl/N-ethyl adjacent to an activating group) is 1. The lowest BCUT2D eigenvalue weighted by molar-refractivity contribution is 0.108. The van der Waals surface area contributed by atoms with Gasteiger partial charge in [-0.3, -0.25) is 9.88 Å². The monoisotopic (exact) mass is 249 g/mol. The van der Waals surface area contributed by atoms with Crippen molar-refractivity contribution in [1.82, 2.24) is 14.8 Å². The first kappa shape index (κ1) is 13.5. The van der Waals surface area contributed by atoms with E-state index in [0.717, 1.165) is 26.2 Å². The van der Waals surface area contributed by atoms with Gasteiger partial charge in [0.2, 0.25) is 0 Å². The van der Waals surface area contributed by atoms with Crippen LogP contribution in [-0.2, 0) is 6.54 Å². The molecule has 0 spiro atoms. The van der Waals surface area contributed by atoms with Crippen molar-refractivity contribution in [2.75, 3.05) is 33.3 Å². The highest BCUT2D eigenvalue weighted by molar-refractivity contribution is 5.09. The van der Waals surface area contributed by atoms with E-state index < -0.39 is 0 Å². The van der Waals surface area contributed by atoms with Crippen molar-refractivity contribution < 1.29 is 5.11 Å². The molecule has 2 unspecified atom stereocenters. The summed E-state index contributed by atoms with van der Waals surface area (Å²) in [6.45, 7) is 6.47. The minimum absolute atomic E-state index is 0.224. The van der Waals surface area contributed by atoms with Gasteiger partial charge in [-0.05, 0) is 30.7 Å². The maximum Gasteiger partial charge on any atom is 0.0599 e. The highest BCUT2D eigenvalue weighted by Crippen LogP contribution is 2.16. The van der Waals surface area contributed by atoms with Crippen LogP contribution < -0.4 is 0 Å². The van der Waals surface area contributed by atoms with Crippen LogP contribution in [0.1, 0.15) is 12.5 Å². The Morgan fingerprint density at radius 3 is 2.67 bits per heavy atom. The van der Waals surface area contributed by atoms with Gasteiger partial charge >= 0.3 is 0 Å². The summed E-state index contributed by atoms with van der Waals surface area (Å²) in [5.41, 5.74) is 1.26. The molecule has 1 saturated heterocycles. The lowest BCUT2D eigenvalue weighted by Crippen LogP contribution is -2.42. The van der Waals surface area contributed by atoms with Crippen LogP contribution in [-0.4, -0.2) is 59.2 Å². The van der Waals surface area contributed by atoms with Gasteiger partial charge in [-0.25, -0.2) is 0 Å². The molecule has 0 bridgehead atoms. The number of hydrogen-bond donors (Lipinski definition) is 1. The number of aliphatic hydroxyl groups is 1. The first-order valence-electron chi connectivity index (χ1n) is 6.61. The quantitative estimate of drug-likeness (QED) is 0.861. The SMILES string of the molecule is CC1CN(C)CC(CO)N(Cc2ccncc2)C1. The number of aliphatic hydroxyl groups excluding tert-OH is 1. The second-order valence-corrected chi connectivity index (χ2v) is 5.45. The Balaban J connectivity index is 2.08. The van der Waals surface area contributed by atoms with Crippen molar-refractivity contribution in [3.8, 4) is 0 Å². The van der Waals surface area contributed by atoms with Crippen LogP contribution in [0.5, 0.6) is 0 Å². The summed E-state index contributed by atoms with van der Waals surface area (Å²) in [5.74, 6) is 0.633. The van der Waals surface area contributed by atoms with Gasteiger partial charge in [0.25, 0.3) is 0 Å². The van der Waals surface area contributed by atoms with Crippen LogP contribution in [0.2, 0.25) is 0 Å². The third kappa shape index (κ3) is 3.51. The van der Waals surface area contributed by atoms with Crippen LogP contribution in [0.15, 0.2) is 24.5 Å². The first-order chi connectivity index (χ1) is 8.69. The van der Waals surface area contributed by atoms with Crippen molar-refractivity contribution in [3.05, 3.63) is 30.1 Å². The first-order valence-corrected chi connectivity index (χ1v) is 6.61. The molecule has 1 aromatic heterocycles. The molecule has 100 valence electrons. The number of nitrogens with zero attached hydrogens (tertiary/aromatic N) is 3. The molecule has 0 saturated carbocycles. The lowest BCUT2D eigenvalue weighted by Gasteiger charge is -2.30.